The molecule has 1 aliphatic carbocycles. The molecule has 182 valence electrons. The van der Waals surface area contributed by atoms with Crippen LogP contribution in [0.5, 0.6) is 11.5 Å². The molecule has 8 nitrogen and oxygen atoms in total. The van der Waals surface area contributed by atoms with E-state index in [0.717, 1.165) is 52.9 Å². The monoisotopic (exact) mass is 468 g/mol. The minimum atomic E-state index is -0.751. The molecule has 1 unspecified atom stereocenters. The van der Waals surface area contributed by atoms with E-state index in [2.05, 4.69) is 0 Å². The maximum absolute atomic E-state index is 13.0. The first-order valence-corrected chi connectivity index (χ1v) is 11.9. The van der Waals surface area contributed by atoms with Crippen LogP contribution in [0.2, 0.25) is 0 Å². The number of amides is 1. The molecule has 1 aromatic carbocycles. The first-order chi connectivity index (χ1) is 16.1. The van der Waals surface area contributed by atoms with E-state index in [4.69, 9.17) is 23.9 Å². The van der Waals surface area contributed by atoms with Crippen LogP contribution < -0.4 is 9.47 Å². The van der Waals surface area contributed by atoms with Crippen molar-refractivity contribution in [1.82, 2.24) is 9.88 Å². The van der Waals surface area contributed by atoms with Crippen molar-refractivity contribution in [3.63, 3.8) is 0 Å². The van der Waals surface area contributed by atoms with Crippen molar-refractivity contribution in [1.29, 1.82) is 0 Å². The average Bonchev–Trinajstić information content (AvgIpc) is 3.58. The highest BCUT2D eigenvalue weighted by atomic mass is 16.6. The second-order valence-electron chi connectivity index (χ2n) is 10.6. The quantitative estimate of drug-likeness (QED) is 0.618. The summed E-state index contributed by atoms with van der Waals surface area (Å²) in [6.45, 7) is 5.69. The van der Waals surface area contributed by atoms with E-state index in [0.29, 0.717) is 18.8 Å². The Bertz CT molecular complexity index is 1150. The third-order valence-corrected chi connectivity index (χ3v) is 6.89. The Morgan fingerprint density at radius 2 is 1.97 bits per heavy atom. The van der Waals surface area contributed by atoms with Gasteiger partial charge in [0.15, 0.2) is 0 Å². The first kappa shape index (κ1) is 22.7. The summed E-state index contributed by atoms with van der Waals surface area (Å²) in [5.41, 5.74) is 1.68. The molecule has 8 heteroatoms. The number of aryl methyl sites for hydroxylation is 1. The van der Waals surface area contributed by atoms with Crippen molar-refractivity contribution in [2.24, 2.45) is 0 Å². The molecule has 1 saturated carbocycles. The van der Waals surface area contributed by atoms with Gasteiger partial charge >= 0.3 is 12.1 Å². The number of rotatable bonds is 3. The van der Waals surface area contributed by atoms with Crippen LogP contribution in [-0.4, -0.2) is 60.0 Å². The number of nitrogens with zero attached hydrogens (tertiary/aromatic N) is 2. The highest BCUT2D eigenvalue weighted by Gasteiger charge is 2.54. The number of hydrogen-bond donors (Lipinski definition) is 0. The molecule has 5 rings (SSSR count). The standard InChI is InChI=1S/C26H32N2O6/c1-25(2,3)34-24(30)28-14-26(13-20(28)23(29)32-5)11-10-17-18-12-16(31-4)8-9-19(18)27-21(15-6-7-15)22(17)33-26/h8-9,12,15,20H,6-7,10-11,13-14H2,1-5H3/t20-,26?/m0/s1. The Balaban J connectivity index is 1.53. The Morgan fingerprint density at radius 1 is 1.21 bits per heavy atom. The number of aromatic nitrogens is 1. The van der Waals surface area contributed by atoms with Crippen LogP contribution in [0.15, 0.2) is 18.2 Å². The summed E-state index contributed by atoms with van der Waals surface area (Å²) < 4.78 is 22.9. The Labute approximate surface area is 199 Å². The maximum atomic E-state index is 13.0. The first-order valence-electron chi connectivity index (χ1n) is 11.9. The van der Waals surface area contributed by atoms with Crippen LogP contribution in [0.1, 0.15) is 63.6 Å². The smallest absolute Gasteiger partial charge is 0.411 e. The fourth-order valence-corrected chi connectivity index (χ4v) is 5.12. The van der Waals surface area contributed by atoms with E-state index in [1.165, 1.54) is 12.0 Å². The van der Waals surface area contributed by atoms with E-state index >= 15 is 0 Å². The predicted octanol–water partition coefficient (Wildman–Crippen LogP) is 4.37. The molecular weight excluding hydrogens is 436 g/mol. The molecule has 0 N–H and O–H groups in total. The van der Waals surface area contributed by atoms with Crippen LogP contribution in [0.25, 0.3) is 10.9 Å². The molecule has 2 fully saturated rings. The molecule has 0 bridgehead atoms. The Kier molecular flexibility index (Phi) is 5.37. The molecule has 34 heavy (non-hydrogen) atoms. The lowest BCUT2D eigenvalue weighted by Gasteiger charge is -2.37. The molecule has 1 saturated heterocycles. The molecule has 1 spiro atoms. The lowest BCUT2D eigenvalue weighted by atomic mass is 9.87. The Hall–Kier alpha value is -3.03. The fourth-order valence-electron chi connectivity index (χ4n) is 5.12. The van der Waals surface area contributed by atoms with Gasteiger partial charge in [-0.2, -0.15) is 0 Å². The number of carbonyl (C=O) groups is 2. The summed E-state index contributed by atoms with van der Waals surface area (Å²) in [6.07, 6.45) is 3.44. The van der Waals surface area contributed by atoms with Gasteiger partial charge in [-0.25, -0.2) is 14.6 Å². The van der Waals surface area contributed by atoms with Gasteiger partial charge in [-0.05, 0) is 64.7 Å². The van der Waals surface area contributed by atoms with E-state index in [-0.39, 0.29) is 6.54 Å². The number of ether oxygens (including phenoxy) is 4. The van der Waals surface area contributed by atoms with Gasteiger partial charge in [0, 0.05) is 23.3 Å². The van der Waals surface area contributed by atoms with Crippen molar-refractivity contribution in [3.8, 4) is 11.5 Å². The fraction of sp³-hybridized carbons (Fsp3) is 0.577. The number of hydrogen-bond acceptors (Lipinski definition) is 7. The Morgan fingerprint density at radius 3 is 2.62 bits per heavy atom. The van der Waals surface area contributed by atoms with Gasteiger partial charge in [0.05, 0.1) is 32.0 Å². The third-order valence-electron chi connectivity index (χ3n) is 6.89. The number of benzene rings is 1. The van der Waals surface area contributed by atoms with Crippen molar-refractivity contribution in [3.05, 3.63) is 29.5 Å². The lowest BCUT2D eigenvalue weighted by Crippen LogP contribution is -2.46. The zero-order valence-electron chi connectivity index (χ0n) is 20.5. The van der Waals surface area contributed by atoms with Crippen molar-refractivity contribution < 1.29 is 28.5 Å². The van der Waals surface area contributed by atoms with Crippen LogP contribution in [0, 0.1) is 0 Å². The second-order valence-corrected chi connectivity index (χ2v) is 10.6. The number of esters is 1. The zero-order valence-corrected chi connectivity index (χ0v) is 20.5. The van der Waals surface area contributed by atoms with E-state index in [1.807, 2.05) is 39.0 Å². The maximum Gasteiger partial charge on any atom is 0.411 e. The van der Waals surface area contributed by atoms with Crippen LogP contribution >= 0.6 is 0 Å². The van der Waals surface area contributed by atoms with Crippen molar-refractivity contribution >= 4 is 23.0 Å². The molecule has 3 heterocycles. The minimum Gasteiger partial charge on any atom is -0.497 e. The minimum absolute atomic E-state index is 0.265. The summed E-state index contributed by atoms with van der Waals surface area (Å²) >= 11 is 0. The topological polar surface area (TPSA) is 87.2 Å². The average molecular weight is 469 g/mol. The van der Waals surface area contributed by atoms with Gasteiger partial charge in [-0.15, -0.1) is 0 Å². The van der Waals surface area contributed by atoms with Gasteiger partial charge < -0.3 is 18.9 Å². The van der Waals surface area contributed by atoms with Crippen LogP contribution in [-0.2, 0) is 20.7 Å². The summed E-state index contributed by atoms with van der Waals surface area (Å²) in [5, 5.41) is 1.03. The zero-order chi connectivity index (χ0) is 24.3. The number of pyridine rings is 1. The van der Waals surface area contributed by atoms with E-state index in [9.17, 15) is 9.59 Å². The molecule has 3 aliphatic rings. The second kappa shape index (κ2) is 8.03. The molecular formula is C26H32N2O6. The SMILES string of the molecule is COC(=O)[C@@H]1CC2(CCc3c(c(C4CC4)nc4ccc(OC)cc34)O2)CN1C(=O)OC(C)(C)C. The van der Waals surface area contributed by atoms with Crippen LogP contribution in [0.4, 0.5) is 4.79 Å². The number of likely N-dealkylation sites (tertiary alicyclic amines) is 1. The van der Waals surface area contributed by atoms with Crippen molar-refractivity contribution in [2.75, 3.05) is 20.8 Å². The molecule has 1 aromatic heterocycles. The predicted molar refractivity (Wildman–Crippen MR) is 125 cm³/mol. The number of methoxy groups -OCH3 is 2. The van der Waals surface area contributed by atoms with Gasteiger partial charge in [-0.1, -0.05) is 0 Å². The highest BCUT2D eigenvalue weighted by molar-refractivity contribution is 5.87. The normalized spacial score (nSPS) is 24.0. The lowest BCUT2D eigenvalue weighted by molar-refractivity contribution is -0.145. The van der Waals surface area contributed by atoms with E-state index in [1.54, 1.807) is 7.11 Å². The van der Waals surface area contributed by atoms with Crippen molar-refractivity contribution in [2.45, 2.75) is 76.0 Å². The molecule has 2 aliphatic heterocycles. The van der Waals surface area contributed by atoms with E-state index < -0.39 is 29.3 Å². The van der Waals surface area contributed by atoms with Crippen LogP contribution in [0.3, 0.4) is 0 Å². The number of fused-ring (bicyclic) bond motifs is 3. The third kappa shape index (κ3) is 4.03. The molecule has 1 amide bonds. The molecule has 2 atom stereocenters. The van der Waals surface area contributed by atoms with Gasteiger partial charge in [0.1, 0.15) is 28.7 Å². The van der Waals surface area contributed by atoms with Gasteiger partial charge in [-0.3, -0.25) is 4.90 Å². The number of carbonyl (C=O) groups excluding carboxylic acids is 2. The summed E-state index contributed by atoms with van der Waals surface area (Å²) in [7, 11) is 2.99. The largest absolute Gasteiger partial charge is 0.497 e. The highest BCUT2D eigenvalue weighted by Crippen LogP contribution is 2.51. The summed E-state index contributed by atoms with van der Waals surface area (Å²) in [5.74, 6) is 1.51. The molecule has 0 radical (unpaired) electrons. The summed E-state index contributed by atoms with van der Waals surface area (Å²) in [6, 6.07) is 5.19. The van der Waals surface area contributed by atoms with Gasteiger partial charge in [0.25, 0.3) is 0 Å². The molecule has 2 aromatic rings. The summed E-state index contributed by atoms with van der Waals surface area (Å²) in [4.78, 5) is 32.1. The van der Waals surface area contributed by atoms with Gasteiger partial charge in [0.2, 0.25) is 0 Å².